The second-order valence-electron chi connectivity index (χ2n) is 9.65. The number of hydrogen-bond acceptors (Lipinski definition) is 7. The molecule has 188 valence electrons. The van der Waals surface area contributed by atoms with Gasteiger partial charge < -0.3 is 15.0 Å². The van der Waals surface area contributed by atoms with E-state index in [0.29, 0.717) is 11.5 Å². The maximum absolute atomic E-state index is 6.20. The molecule has 1 fully saturated rings. The normalized spacial score (nSPS) is 14.3. The van der Waals surface area contributed by atoms with Gasteiger partial charge in [-0.25, -0.2) is 9.97 Å². The van der Waals surface area contributed by atoms with Gasteiger partial charge in [0.1, 0.15) is 22.9 Å². The van der Waals surface area contributed by atoms with Crippen LogP contribution < -0.4 is 10.1 Å². The van der Waals surface area contributed by atoms with Gasteiger partial charge in [0, 0.05) is 23.5 Å². The molecule has 0 bridgehead atoms. The van der Waals surface area contributed by atoms with Crippen LogP contribution in [0.5, 0.6) is 5.75 Å². The van der Waals surface area contributed by atoms with E-state index in [1.807, 2.05) is 36.5 Å². The zero-order chi connectivity index (χ0) is 25.5. The van der Waals surface area contributed by atoms with Gasteiger partial charge in [-0.1, -0.05) is 23.8 Å². The van der Waals surface area contributed by atoms with Crippen molar-refractivity contribution in [2.45, 2.75) is 25.9 Å². The summed E-state index contributed by atoms with van der Waals surface area (Å²) in [5.41, 5.74) is 8.63. The molecule has 3 N–H and O–H groups in total. The Hall–Kier alpha value is -4.63. The maximum atomic E-state index is 6.20. The van der Waals surface area contributed by atoms with E-state index in [4.69, 9.17) is 14.7 Å². The molecule has 1 aromatic carbocycles. The summed E-state index contributed by atoms with van der Waals surface area (Å²) in [4.78, 5) is 22.3. The van der Waals surface area contributed by atoms with E-state index in [2.05, 4.69) is 55.6 Å². The Bertz CT molecular complexity index is 1770. The second-order valence-corrected chi connectivity index (χ2v) is 9.65. The van der Waals surface area contributed by atoms with Crippen LogP contribution in [0.25, 0.3) is 56.1 Å². The summed E-state index contributed by atoms with van der Waals surface area (Å²) >= 11 is 0. The fraction of sp³-hybridized carbons (Fsp3) is 0.207. The molecule has 0 saturated carbocycles. The minimum Gasteiger partial charge on any atom is -0.489 e. The molecule has 0 radical (unpaired) electrons. The molecule has 6 aromatic rings. The first kappa shape index (κ1) is 22.6. The molecule has 1 aliphatic heterocycles. The first-order chi connectivity index (χ1) is 18.7. The number of aromatic amines is 2. The van der Waals surface area contributed by atoms with Gasteiger partial charge in [0.15, 0.2) is 11.5 Å². The Kier molecular flexibility index (Phi) is 5.55. The van der Waals surface area contributed by atoms with Crippen LogP contribution in [0.1, 0.15) is 18.4 Å². The summed E-state index contributed by atoms with van der Waals surface area (Å²) in [5.74, 6) is 1.40. The van der Waals surface area contributed by atoms with Crippen LogP contribution in [-0.2, 0) is 0 Å². The monoisotopic (exact) mass is 502 g/mol. The molecule has 5 aromatic heterocycles. The van der Waals surface area contributed by atoms with Crippen molar-refractivity contribution in [2.24, 2.45) is 0 Å². The number of nitrogens with zero attached hydrogens (tertiary/aromatic N) is 5. The number of piperidine rings is 1. The number of pyridine rings is 3. The van der Waals surface area contributed by atoms with Crippen molar-refractivity contribution < 1.29 is 4.74 Å². The van der Waals surface area contributed by atoms with E-state index >= 15 is 0 Å². The zero-order valence-corrected chi connectivity index (χ0v) is 20.9. The molecule has 0 atom stereocenters. The van der Waals surface area contributed by atoms with E-state index in [1.165, 1.54) is 5.56 Å². The van der Waals surface area contributed by atoms with E-state index < -0.39 is 0 Å². The number of benzene rings is 1. The van der Waals surface area contributed by atoms with Crippen molar-refractivity contribution in [1.29, 1.82) is 0 Å². The molecule has 9 nitrogen and oxygen atoms in total. The lowest BCUT2D eigenvalue weighted by Crippen LogP contribution is -2.34. The molecule has 1 saturated heterocycles. The van der Waals surface area contributed by atoms with Crippen LogP contribution >= 0.6 is 0 Å². The number of ether oxygens (including phenoxy) is 1. The standard InChI is InChI=1S/C29H26N8O/c1-17-3-2-4-18(13-17)25-26-23(9-12-32-25)34-29(35-26)28-27-24(36-37-28)6-5-22(33-27)19-14-21(16-31-15-19)38-20-7-10-30-11-8-20/h2-6,9,12-16,20,30H,7-8,10-11H2,1H3,(H,34,35)(H,36,37). The van der Waals surface area contributed by atoms with Gasteiger partial charge in [-0.05, 0) is 63.2 Å². The van der Waals surface area contributed by atoms with Crippen molar-refractivity contribution in [3.8, 4) is 39.8 Å². The molecule has 1 aliphatic rings. The third kappa shape index (κ3) is 4.16. The summed E-state index contributed by atoms with van der Waals surface area (Å²) in [5, 5.41) is 11.0. The smallest absolute Gasteiger partial charge is 0.161 e. The van der Waals surface area contributed by atoms with E-state index in [-0.39, 0.29) is 6.10 Å². The number of imidazole rings is 1. The van der Waals surface area contributed by atoms with Crippen LogP contribution in [-0.4, -0.2) is 54.3 Å². The number of H-pyrrole nitrogens is 2. The first-order valence-corrected chi connectivity index (χ1v) is 12.8. The van der Waals surface area contributed by atoms with Crippen molar-refractivity contribution in [3.05, 3.63) is 72.7 Å². The molecule has 0 amide bonds. The summed E-state index contributed by atoms with van der Waals surface area (Å²) in [7, 11) is 0. The van der Waals surface area contributed by atoms with Crippen molar-refractivity contribution in [2.75, 3.05) is 13.1 Å². The van der Waals surface area contributed by atoms with E-state index in [9.17, 15) is 0 Å². The molecular weight excluding hydrogens is 476 g/mol. The van der Waals surface area contributed by atoms with Gasteiger partial charge in [0.05, 0.1) is 28.6 Å². The Balaban J connectivity index is 1.26. The Morgan fingerprint density at radius 1 is 0.868 bits per heavy atom. The average Bonchev–Trinajstić information content (AvgIpc) is 3.57. The largest absolute Gasteiger partial charge is 0.489 e. The van der Waals surface area contributed by atoms with E-state index in [0.717, 1.165) is 76.3 Å². The quantitative estimate of drug-likeness (QED) is 0.301. The van der Waals surface area contributed by atoms with Crippen molar-refractivity contribution >= 4 is 22.1 Å². The van der Waals surface area contributed by atoms with Crippen molar-refractivity contribution in [1.82, 2.24) is 40.4 Å². The third-order valence-electron chi connectivity index (χ3n) is 6.92. The number of rotatable bonds is 5. The van der Waals surface area contributed by atoms with Gasteiger partial charge >= 0.3 is 0 Å². The molecular formula is C29H26N8O. The Morgan fingerprint density at radius 2 is 1.76 bits per heavy atom. The van der Waals surface area contributed by atoms with Crippen LogP contribution in [0, 0.1) is 6.92 Å². The topological polar surface area (TPSA) is 117 Å². The highest BCUT2D eigenvalue weighted by Gasteiger charge is 2.18. The number of fused-ring (bicyclic) bond motifs is 2. The average molecular weight is 503 g/mol. The zero-order valence-electron chi connectivity index (χ0n) is 20.9. The van der Waals surface area contributed by atoms with Crippen LogP contribution in [0.15, 0.2) is 67.1 Å². The lowest BCUT2D eigenvalue weighted by molar-refractivity contribution is 0.162. The number of aryl methyl sites for hydroxylation is 1. The molecule has 38 heavy (non-hydrogen) atoms. The first-order valence-electron chi connectivity index (χ1n) is 12.8. The molecule has 7 rings (SSSR count). The van der Waals surface area contributed by atoms with Gasteiger partial charge in [0.2, 0.25) is 0 Å². The lowest BCUT2D eigenvalue weighted by atomic mass is 10.1. The predicted molar refractivity (Wildman–Crippen MR) is 147 cm³/mol. The summed E-state index contributed by atoms with van der Waals surface area (Å²) < 4.78 is 6.20. The van der Waals surface area contributed by atoms with Crippen LogP contribution in [0.4, 0.5) is 0 Å². The molecule has 9 heteroatoms. The van der Waals surface area contributed by atoms with Gasteiger partial charge in [-0.2, -0.15) is 5.10 Å². The molecule has 0 aliphatic carbocycles. The van der Waals surface area contributed by atoms with Crippen molar-refractivity contribution in [3.63, 3.8) is 0 Å². The summed E-state index contributed by atoms with van der Waals surface area (Å²) in [6.07, 6.45) is 7.56. The lowest BCUT2D eigenvalue weighted by Gasteiger charge is -2.23. The minimum absolute atomic E-state index is 0.205. The number of aromatic nitrogens is 7. The summed E-state index contributed by atoms with van der Waals surface area (Å²) in [6.45, 7) is 4.02. The Labute approximate surface area is 218 Å². The highest BCUT2D eigenvalue weighted by Crippen LogP contribution is 2.31. The van der Waals surface area contributed by atoms with Crippen LogP contribution in [0.3, 0.4) is 0 Å². The van der Waals surface area contributed by atoms with Gasteiger partial charge in [0.25, 0.3) is 0 Å². The maximum Gasteiger partial charge on any atom is 0.161 e. The third-order valence-corrected chi connectivity index (χ3v) is 6.92. The fourth-order valence-corrected chi connectivity index (χ4v) is 5.01. The molecule has 0 spiro atoms. The van der Waals surface area contributed by atoms with Gasteiger partial charge in [-0.15, -0.1) is 0 Å². The Morgan fingerprint density at radius 3 is 2.66 bits per heavy atom. The minimum atomic E-state index is 0.205. The number of nitrogens with one attached hydrogen (secondary N) is 3. The SMILES string of the molecule is Cc1cccc(-c2nccc3[nH]c(-c4n[nH]c5ccc(-c6cncc(OC7CCNCC7)c6)nc45)nc23)c1. The predicted octanol–water partition coefficient (Wildman–Crippen LogP) is 5.06. The highest BCUT2D eigenvalue weighted by atomic mass is 16.5. The van der Waals surface area contributed by atoms with Gasteiger partial charge in [-0.3, -0.25) is 15.1 Å². The summed E-state index contributed by atoms with van der Waals surface area (Å²) in [6, 6.07) is 16.2. The molecule has 0 unspecified atom stereocenters. The van der Waals surface area contributed by atoms with E-state index in [1.54, 1.807) is 12.4 Å². The van der Waals surface area contributed by atoms with Crippen LogP contribution in [0.2, 0.25) is 0 Å². The highest BCUT2D eigenvalue weighted by molar-refractivity contribution is 5.95. The number of hydrogen-bond donors (Lipinski definition) is 3. The fourth-order valence-electron chi connectivity index (χ4n) is 5.01. The molecule has 6 heterocycles. The second kappa shape index (κ2) is 9.35.